The molecule has 142 valence electrons. The second kappa shape index (κ2) is 7.51. The van der Waals surface area contributed by atoms with Crippen molar-refractivity contribution in [2.75, 3.05) is 26.2 Å². The van der Waals surface area contributed by atoms with E-state index >= 15 is 0 Å². The fraction of sp³-hybridized carbons (Fsp3) is 0.600. The number of benzene rings is 1. The van der Waals surface area contributed by atoms with E-state index in [1.54, 1.807) is 0 Å². The molecule has 3 rings (SSSR count). The molecule has 0 saturated carbocycles. The maximum absolute atomic E-state index is 13.3. The van der Waals surface area contributed by atoms with E-state index in [-0.39, 0.29) is 30.3 Å². The second-order valence-electron chi connectivity index (χ2n) is 5.80. The first kappa shape index (κ1) is 20.0. The zero-order chi connectivity index (χ0) is 17.4. The Bertz CT molecular complexity index is 594. The van der Waals surface area contributed by atoms with Gasteiger partial charge in [-0.1, -0.05) is 12.1 Å². The molecular weight excluding hydrogens is 371 g/mol. The lowest BCUT2D eigenvalue weighted by Gasteiger charge is -2.35. The van der Waals surface area contributed by atoms with Crippen LogP contribution in [0.4, 0.5) is 22.0 Å². The molecular formula is C15H18ClF5N2O2. The molecule has 10 heteroatoms. The number of halogens is 6. The second-order valence-corrected chi connectivity index (χ2v) is 5.80. The van der Waals surface area contributed by atoms with E-state index in [9.17, 15) is 22.0 Å². The molecule has 0 amide bonds. The minimum Gasteiger partial charge on any atom is -0.395 e. The summed E-state index contributed by atoms with van der Waals surface area (Å²) in [6.07, 6.45) is -9.33. The average molecular weight is 389 g/mol. The summed E-state index contributed by atoms with van der Waals surface area (Å²) in [4.78, 5) is 1.86. The largest absolute Gasteiger partial charge is 0.586 e. The molecule has 0 aliphatic carbocycles. The van der Waals surface area contributed by atoms with Gasteiger partial charge in [-0.05, 0) is 12.5 Å². The molecule has 1 aromatic rings. The number of para-hydroxylation sites is 1. The number of hydrogen-bond donors (Lipinski definition) is 1. The Morgan fingerprint density at radius 1 is 1.16 bits per heavy atom. The molecule has 2 aliphatic rings. The summed E-state index contributed by atoms with van der Waals surface area (Å²) in [6.45, 7) is 2.32. The van der Waals surface area contributed by atoms with Crippen LogP contribution in [0.25, 0.3) is 0 Å². The van der Waals surface area contributed by atoms with Crippen molar-refractivity contribution in [3.8, 4) is 11.5 Å². The number of rotatable bonds is 4. The number of nitrogens with one attached hydrogen (secondary N) is 1. The molecule has 1 atom stereocenters. The number of hydrogen-bond acceptors (Lipinski definition) is 4. The Labute approximate surface area is 147 Å². The SMILES string of the molecule is Cl.FC(F)(F)CC[C@H](c1cccc2c1OC(F)(F)O2)N1CCNCC1. The Morgan fingerprint density at radius 2 is 1.84 bits per heavy atom. The summed E-state index contributed by atoms with van der Waals surface area (Å²) >= 11 is 0. The molecule has 0 aromatic heterocycles. The Morgan fingerprint density at radius 3 is 2.48 bits per heavy atom. The highest BCUT2D eigenvalue weighted by Gasteiger charge is 2.45. The first-order valence-corrected chi connectivity index (χ1v) is 7.65. The van der Waals surface area contributed by atoms with Crippen LogP contribution < -0.4 is 14.8 Å². The van der Waals surface area contributed by atoms with Crippen molar-refractivity contribution in [3.05, 3.63) is 23.8 Å². The van der Waals surface area contributed by atoms with Crippen LogP contribution in [0, 0.1) is 0 Å². The highest BCUT2D eigenvalue weighted by atomic mass is 35.5. The van der Waals surface area contributed by atoms with Gasteiger partial charge in [0, 0.05) is 44.2 Å². The van der Waals surface area contributed by atoms with E-state index in [1.807, 2.05) is 4.90 Å². The van der Waals surface area contributed by atoms with Crippen LogP contribution in [0.15, 0.2) is 18.2 Å². The zero-order valence-corrected chi connectivity index (χ0v) is 13.9. The van der Waals surface area contributed by atoms with Crippen LogP contribution >= 0.6 is 12.4 Å². The molecule has 0 unspecified atom stereocenters. The molecule has 1 fully saturated rings. The number of ether oxygens (including phenoxy) is 2. The molecule has 1 aromatic carbocycles. The van der Waals surface area contributed by atoms with Gasteiger partial charge in [-0.15, -0.1) is 21.2 Å². The van der Waals surface area contributed by atoms with Crippen LogP contribution in [0.1, 0.15) is 24.4 Å². The van der Waals surface area contributed by atoms with Gasteiger partial charge in [0.05, 0.1) is 0 Å². The van der Waals surface area contributed by atoms with E-state index in [2.05, 4.69) is 14.8 Å². The summed E-state index contributed by atoms with van der Waals surface area (Å²) in [6, 6.07) is 3.66. The molecule has 1 N–H and O–H groups in total. The van der Waals surface area contributed by atoms with E-state index < -0.39 is 24.9 Å². The third-order valence-corrected chi connectivity index (χ3v) is 4.11. The third kappa shape index (κ3) is 4.86. The molecule has 1 saturated heterocycles. The third-order valence-electron chi connectivity index (χ3n) is 4.11. The van der Waals surface area contributed by atoms with Gasteiger partial charge in [-0.25, -0.2) is 0 Å². The molecule has 0 bridgehead atoms. The Hall–Kier alpha value is -1.32. The van der Waals surface area contributed by atoms with E-state index in [1.165, 1.54) is 18.2 Å². The van der Waals surface area contributed by atoms with Crippen LogP contribution in [0.2, 0.25) is 0 Å². The van der Waals surface area contributed by atoms with Gasteiger partial charge in [-0.2, -0.15) is 13.2 Å². The predicted molar refractivity (Wildman–Crippen MR) is 82.4 cm³/mol. The normalized spacial score (nSPS) is 20.8. The smallest absolute Gasteiger partial charge is 0.395 e. The van der Waals surface area contributed by atoms with Crippen molar-refractivity contribution in [1.29, 1.82) is 0 Å². The highest BCUT2D eigenvalue weighted by Crippen LogP contribution is 2.47. The van der Waals surface area contributed by atoms with E-state index in [0.717, 1.165) is 0 Å². The lowest BCUT2D eigenvalue weighted by Crippen LogP contribution is -2.45. The molecule has 2 aliphatic heterocycles. The van der Waals surface area contributed by atoms with Gasteiger partial charge in [0.15, 0.2) is 11.5 Å². The number of piperazine rings is 1. The van der Waals surface area contributed by atoms with Crippen LogP contribution in [-0.2, 0) is 0 Å². The summed E-state index contributed by atoms with van der Waals surface area (Å²) in [5, 5.41) is 3.12. The van der Waals surface area contributed by atoms with E-state index in [0.29, 0.717) is 31.7 Å². The zero-order valence-electron chi connectivity index (χ0n) is 13.1. The van der Waals surface area contributed by atoms with Crippen molar-refractivity contribution >= 4 is 12.4 Å². The lowest BCUT2D eigenvalue weighted by molar-refractivity contribution is -0.287. The van der Waals surface area contributed by atoms with Crippen LogP contribution in [-0.4, -0.2) is 43.5 Å². The number of alkyl halides is 5. The summed E-state index contributed by atoms with van der Waals surface area (Å²) in [5.41, 5.74) is 0.302. The van der Waals surface area contributed by atoms with Gasteiger partial charge in [0.2, 0.25) is 0 Å². The van der Waals surface area contributed by atoms with Gasteiger partial charge < -0.3 is 14.8 Å². The summed E-state index contributed by atoms with van der Waals surface area (Å²) in [5.74, 6) is -0.321. The maximum atomic E-state index is 13.3. The molecule has 25 heavy (non-hydrogen) atoms. The number of fused-ring (bicyclic) bond motifs is 1. The van der Waals surface area contributed by atoms with Crippen molar-refractivity contribution in [2.45, 2.75) is 31.4 Å². The monoisotopic (exact) mass is 388 g/mol. The van der Waals surface area contributed by atoms with Crippen molar-refractivity contribution < 1.29 is 31.4 Å². The lowest BCUT2D eigenvalue weighted by atomic mass is 9.98. The fourth-order valence-corrected chi connectivity index (χ4v) is 3.08. The van der Waals surface area contributed by atoms with Crippen molar-refractivity contribution in [1.82, 2.24) is 10.2 Å². The molecule has 0 radical (unpaired) electrons. The van der Waals surface area contributed by atoms with Gasteiger partial charge in [-0.3, -0.25) is 4.90 Å². The highest BCUT2D eigenvalue weighted by molar-refractivity contribution is 5.85. The quantitative estimate of drug-likeness (QED) is 0.797. The first-order chi connectivity index (χ1) is 11.3. The van der Waals surface area contributed by atoms with Gasteiger partial charge in [0.1, 0.15) is 0 Å². The van der Waals surface area contributed by atoms with Gasteiger partial charge >= 0.3 is 12.5 Å². The van der Waals surface area contributed by atoms with Crippen LogP contribution in [0.5, 0.6) is 11.5 Å². The molecule has 0 spiro atoms. The first-order valence-electron chi connectivity index (χ1n) is 7.65. The summed E-state index contributed by atoms with van der Waals surface area (Å²) in [7, 11) is 0. The standard InChI is InChI=1S/C15H17F5N2O2.ClH/c16-14(17,18)5-4-11(22-8-6-21-7-9-22)10-2-1-3-12-13(10)24-15(19,20)23-12;/h1-3,11,21H,4-9H2;1H/t11-;/m1./s1. The predicted octanol–water partition coefficient (Wildman–Crippen LogP) is 3.72. The number of nitrogens with zero attached hydrogens (tertiary/aromatic N) is 1. The maximum Gasteiger partial charge on any atom is 0.586 e. The average Bonchev–Trinajstić information content (AvgIpc) is 2.82. The molecule has 4 nitrogen and oxygen atoms in total. The van der Waals surface area contributed by atoms with Gasteiger partial charge in [0.25, 0.3) is 0 Å². The fourth-order valence-electron chi connectivity index (χ4n) is 3.08. The Balaban J connectivity index is 0.00000225. The summed E-state index contributed by atoms with van der Waals surface area (Å²) < 4.78 is 73.7. The van der Waals surface area contributed by atoms with Crippen LogP contribution in [0.3, 0.4) is 0 Å². The van der Waals surface area contributed by atoms with E-state index in [4.69, 9.17) is 0 Å². The minimum atomic E-state index is -4.31. The molecule has 2 heterocycles. The topological polar surface area (TPSA) is 33.7 Å². The minimum absolute atomic E-state index is 0. The van der Waals surface area contributed by atoms with Crippen molar-refractivity contribution in [2.24, 2.45) is 0 Å². The Kier molecular flexibility index (Phi) is 6.01. The van der Waals surface area contributed by atoms with Crippen molar-refractivity contribution in [3.63, 3.8) is 0 Å².